The Balaban J connectivity index is 1.56. The lowest BCUT2D eigenvalue weighted by atomic mass is 10.0. The number of cyclic esters (lactones) is 1. The Morgan fingerprint density at radius 3 is 2.21 bits per heavy atom. The highest BCUT2D eigenvalue weighted by Crippen LogP contribution is 2.40. The zero-order valence-electron chi connectivity index (χ0n) is 28.2. The van der Waals surface area contributed by atoms with E-state index in [4.69, 9.17) is 13.9 Å². The van der Waals surface area contributed by atoms with Crippen LogP contribution in [0.25, 0.3) is 0 Å². The largest absolute Gasteiger partial charge is 0.544 e. The minimum atomic E-state index is -2.06. The molecule has 3 atom stereocenters. The average Bonchev–Trinajstić information content (AvgIpc) is 3.46. The number of nitrogens with one attached hydrogen (secondary N) is 1. The molecular weight excluding hydrogens is 751 g/mol. The first-order valence-electron chi connectivity index (χ1n) is 16.0. The second-order valence-corrected chi connectivity index (χ2v) is 20.3. The van der Waals surface area contributed by atoms with E-state index in [0.717, 1.165) is 37.4 Å². The van der Waals surface area contributed by atoms with Crippen LogP contribution < -0.4 is 14.5 Å². The smallest absolute Gasteiger partial charge is 0.417 e. The summed E-state index contributed by atoms with van der Waals surface area (Å²) in [4.78, 5) is 29.4. The van der Waals surface area contributed by atoms with E-state index in [2.05, 4.69) is 61.8 Å². The van der Waals surface area contributed by atoms with Crippen LogP contribution in [-0.4, -0.2) is 44.2 Å². The van der Waals surface area contributed by atoms with Crippen molar-refractivity contribution in [3.63, 3.8) is 0 Å². The van der Waals surface area contributed by atoms with Crippen LogP contribution in [0, 0.1) is 3.57 Å². The number of ether oxygens (including phenoxy) is 2. The second kappa shape index (κ2) is 15.4. The second-order valence-electron chi connectivity index (χ2n) is 13.3. The fourth-order valence-electron chi connectivity index (χ4n) is 5.21. The standard InChI is InChI=1S/C38H43IN2O5SSi/c1-38(2,3)48(5,6)46-30-22-18-28(19-23-30)34(40-32-15-11-10-14-31(32)39)35(47-25-26-16-20-29(44-4)21-17-26)36(42)41-33(24-45-37(41)43)27-12-8-7-9-13-27/h7-23,33-35,40H,24-25H2,1-6H3/t33-,34-,35-/m1/s1. The zero-order chi connectivity index (χ0) is 34.5. The van der Waals surface area contributed by atoms with Gasteiger partial charge in [0.1, 0.15) is 29.4 Å². The van der Waals surface area contributed by atoms with E-state index in [-0.39, 0.29) is 17.6 Å². The number of hydrogen-bond acceptors (Lipinski definition) is 7. The monoisotopic (exact) mass is 794 g/mol. The van der Waals surface area contributed by atoms with Gasteiger partial charge in [-0.05, 0) is 93.8 Å². The summed E-state index contributed by atoms with van der Waals surface area (Å²) in [5.41, 5.74) is 3.69. The number of benzene rings is 4. The molecule has 1 saturated heterocycles. The number of nitrogens with zero attached hydrogens (tertiary/aromatic N) is 1. The van der Waals surface area contributed by atoms with Gasteiger partial charge in [0.05, 0.1) is 13.2 Å². The van der Waals surface area contributed by atoms with Crippen molar-refractivity contribution in [2.24, 2.45) is 0 Å². The third-order valence-electron chi connectivity index (χ3n) is 9.03. The fourth-order valence-corrected chi connectivity index (χ4v) is 8.02. The maximum Gasteiger partial charge on any atom is 0.417 e. The quantitative estimate of drug-likeness (QED) is 0.113. The zero-order valence-corrected chi connectivity index (χ0v) is 32.2. The number of hydrogen-bond donors (Lipinski definition) is 1. The molecule has 0 spiro atoms. The van der Waals surface area contributed by atoms with E-state index >= 15 is 0 Å². The first kappa shape index (κ1) is 35.8. The molecule has 1 aliphatic rings. The minimum absolute atomic E-state index is 0.0506. The van der Waals surface area contributed by atoms with Gasteiger partial charge in [0.25, 0.3) is 0 Å². The van der Waals surface area contributed by atoms with Crippen molar-refractivity contribution in [3.8, 4) is 11.5 Å². The van der Waals surface area contributed by atoms with E-state index in [9.17, 15) is 9.59 Å². The molecule has 252 valence electrons. The Morgan fingerprint density at radius 2 is 1.58 bits per heavy atom. The number of para-hydroxylation sites is 1. The van der Waals surface area contributed by atoms with Crippen LogP contribution in [0.15, 0.2) is 103 Å². The fraction of sp³-hybridized carbons (Fsp3) is 0.316. The van der Waals surface area contributed by atoms with Crippen LogP contribution in [0.4, 0.5) is 10.5 Å². The molecule has 1 N–H and O–H groups in total. The molecule has 4 aromatic carbocycles. The van der Waals surface area contributed by atoms with Crippen LogP contribution in [-0.2, 0) is 15.3 Å². The van der Waals surface area contributed by atoms with Crippen molar-refractivity contribution >= 4 is 60.4 Å². The summed E-state index contributed by atoms with van der Waals surface area (Å²) in [6, 6.07) is 32.4. The Bertz CT molecular complexity index is 1700. The molecule has 4 aromatic rings. The topological polar surface area (TPSA) is 77.1 Å². The van der Waals surface area contributed by atoms with E-state index in [1.54, 1.807) is 7.11 Å². The summed E-state index contributed by atoms with van der Waals surface area (Å²) >= 11 is 3.80. The minimum Gasteiger partial charge on any atom is -0.544 e. The van der Waals surface area contributed by atoms with Gasteiger partial charge in [-0.2, -0.15) is 0 Å². The van der Waals surface area contributed by atoms with Gasteiger partial charge in [-0.1, -0.05) is 87.5 Å². The number of halogens is 1. The molecule has 0 saturated carbocycles. The Morgan fingerprint density at radius 1 is 0.958 bits per heavy atom. The lowest BCUT2D eigenvalue weighted by Crippen LogP contribution is -2.44. The number of carbonyl (C=O) groups excluding carboxylic acids is 2. The van der Waals surface area contributed by atoms with Crippen molar-refractivity contribution in [2.75, 3.05) is 19.0 Å². The first-order chi connectivity index (χ1) is 22.9. The summed E-state index contributed by atoms with van der Waals surface area (Å²) in [6.45, 7) is 11.2. The summed E-state index contributed by atoms with van der Waals surface area (Å²) in [5.74, 6) is 1.80. The predicted molar refractivity (Wildman–Crippen MR) is 205 cm³/mol. The molecule has 1 heterocycles. The van der Waals surface area contributed by atoms with Gasteiger partial charge in [-0.15, -0.1) is 11.8 Å². The summed E-state index contributed by atoms with van der Waals surface area (Å²) in [5, 5.41) is 3.05. The number of methoxy groups -OCH3 is 1. The average molecular weight is 795 g/mol. The molecule has 0 unspecified atom stereocenters. The molecule has 0 aromatic heterocycles. The Kier molecular flexibility index (Phi) is 11.5. The lowest BCUT2D eigenvalue weighted by Gasteiger charge is -2.36. The van der Waals surface area contributed by atoms with Crippen LogP contribution in [0.1, 0.15) is 49.5 Å². The van der Waals surface area contributed by atoms with Crippen LogP contribution in [0.3, 0.4) is 0 Å². The summed E-state index contributed by atoms with van der Waals surface area (Å²) < 4.78 is 18.5. The Labute approximate surface area is 303 Å². The van der Waals surface area contributed by atoms with Crippen LogP contribution in [0.2, 0.25) is 18.1 Å². The van der Waals surface area contributed by atoms with Crippen molar-refractivity contribution in [1.29, 1.82) is 0 Å². The molecule has 1 aliphatic heterocycles. The van der Waals surface area contributed by atoms with E-state index in [1.165, 1.54) is 16.7 Å². The van der Waals surface area contributed by atoms with Gasteiger partial charge >= 0.3 is 6.09 Å². The maximum absolute atomic E-state index is 14.8. The Hall–Kier alpha value is -3.48. The molecule has 48 heavy (non-hydrogen) atoms. The molecule has 1 fully saturated rings. The molecular formula is C38H43IN2O5SSi. The molecule has 10 heteroatoms. The van der Waals surface area contributed by atoms with E-state index in [0.29, 0.717) is 5.75 Å². The van der Waals surface area contributed by atoms with Gasteiger partial charge in [0.2, 0.25) is 14.2 Å². The molecule has 5 rings (SSSR count). The normalized spacial score (nSPS) is 16.2. The van der Waals surface area contributed by atoms with Gasteiger partial charge < -0.3 is 19.2 Å². The highest BCUT2D eigenvalue weighted by molar-refractivity contribution is 14.1. The molecule has 0 bridgehead atoms. The van der Waals surface area contributed by atoms with Crippen molar-refractivity contribution in [1.82, 2.24) is 4.90 Å². The third-order valence-corrected chi connectivity index (χ3v) is 15.7. The number of imide groups is 1. The van der Waals surface area contributed by atoms with Crippen molar-refractivity contribution < 1.29 is 23.5 Å². The molecule has 7 nitrogen and oxygen atoms in total. The number of thioether (sulfide) groups is 1. The molecule has 0 radical (unpaired) electrons. The summed E-state index contributed by atoms with van der Waals surface area (Å²) in [7, 11) is -0.423. The van der Waals surface area contributed by atoms with Gasteiger partial charge in [0, 0.05) is 15.0 Å². The third kappa shape index (κ3) is 8.38. The van der Waals surface area contributed by atoms with Crippen molar-refractivity contribution in [3.05, 3.63) is 123 Å². The highest BCUT2D eigenvalue weighted by Gasteiger charge is 2.45. The highest BCUT2D eigenvalue weighted by atomic mass is 127. The predicted octanol–water partition coefficient (Wildman–Crippen LogP) is 9.86. The van der Waals surface area contributed by atoms with E-state index < -0.39 is 31.7 Å². The van der Waals surface area contributed by atoms with Gasteiger partial charge in [-0.3, -0.25) is 4.79 Å². The maximum atomic E-state index is 14.8. The van der Waals surface area contributed by atoms with E-state index in [1.807, 2.05) is 103 Å². The number of amides is 2. The SMILES string of the molecule is COc1ccc(CS[C@@H](C(=O)N2C(=O)OC[C@@H]2c2ccccc2)[C@H](Nc2ccccc2I)c2ccc(O[Si](C)(C)C(C)(C)C)cc2)cc1. The summed E-state index contributed by atoms with van der Waals surface area (Å²) in [6.07, 6.45) is -0.630. The van der Waals surface area contributed by atoms with Crippen LogP contribution >= 0.6 is 34.4 Å². The molecule has 0 aliphatic carbocycles. The number of carbonyl (C=O) groups is 2. The number of rotatable bonds is 12. The first-order valence-corrected chi connectivity index (χ1v) is 21.0. The molecule has 2 amide bonds. The lowest BCUT2D eigenvalue weighted by molar-refractivity contribution is -0.129. The number of anilines is 1. The van der Waals surface area contributed by atoms with Gasteiger partial charge in [-0.25, -0.2) is 9.69 Å². The van der Waals surface area contributed by atoms with Gasteiger partial charge in [0.15, 0.2) is 0 Å². The van der Waals surface area contributed by atoms with Crippen molar-refractivity contribution in [2.45, 2.75) is 62.0 Å². The van der Waals surface area contributed by atoms with Crippen LogP contribution in [0.5, 0.6) is 11.5 Å².